The summed E-state index contributed by atoms with van der Waals surface area (Å²) in [7, 11) is 2.99. The van der Waals surface area contributed by atoms with Crippen molar-refractivity contribution >= 4 is 18.0 Å². The Morgan fingerprint density at radius 2 is 2.26 bits per heavy atom. The van der Waals surface area contributed by atoms with Crippen LogP contribution in [0.5, 0.6) is 0 Å². The van der Waals surface area contributed by atoms with E-state index in [4.69, 9.17) is 0 Å². The van der Waals surface area contributed by atoms with Crippen molar-refractivity contribution in [3.05, 3.63) is 35.4 Å². The van der Waals surface area contributed by atoms with Gasteiger partial charge >= 0.3 is 5.97 Å². The minimum atomic E-state index is -0.378. The average Bonchev–Trinajstić information content (AvgIpc) is 2.47. The van der Waals surface area contributed by atoms with Gasteiger partial charge < -0.3 is 4.74 Å². The number of carbonyl (C=O) groups is 1. The Balaban J connectivity index is 2.94. The standard InChI is InChI=1S/C15H16N2O2/c1-4-10-17-14(16-2)9-8-12-6-5-7-13(11-12)15(18)19-3/h5-7,10-11H,4H2,1-3H3. The zero-order valence-electron chi connectivity index (χ0n) is 11.3. The second-order valence-corrected chi connectivity index (χ2v) is 3.59. The van der Waals surface area contributed by atoms with Gasteiger partial charge in [0, 0.05) is 18.8 Å². The highest BCUT2D eigenvalue weighted by molar-refractivity contribution is 6.03. The first-order valence-electron chi connectivity index (χ1n) is 5.91. The van der Waals surface area contributed by atoms with Gasteiger partial charge in [0.05, 0.1) is 12.7 Å². The van der Waals surface area contributed by atoms with E-state index in [0.29, 0.717) is 11.4 Å². The van der Waals surface area contributed by atoms with Crippen LogP contribution in [0.4, 0.5) is 0 Å². The molecule has 1 aromatic rings. The third-order valence-electron chi connectivity index (χ3n) is 2.21. The Bertz CT molecular complexity index is 563. The molecule has 0 amide bonds. The van der Waals surface area contributed by atoms with Gasteiger partial charge in [-0.2, -0.15) is 0 Å². The zero-order chi connectivity index (χ0) is 14.1. The van der Waals surface area contributed by atoms with Gasteiger partial charge in [-0.15, -0.1) is 0 Å². The van der Waals surface area contributed by atoms with Crippen LogP contribution >= 0.6 is 0 Å². The highest BCUT2D eigenvalue weighted by atomic mass is 16.5. The van der Waals surface area contributed by atoms with E-state index in [9.17, 15) is 4.79 Å². The first-order chi connectivity index (χ1) is 9.21. The van der Waals surface area contributed by atoms with E-state index < -0.39 is 0 Å². The molecule has 0 radical (unpaired) electrons. The molecule has 4 heteroatoms. The number of rotatable bonds is 2. The molecule has 0 bridgehead atoms. The molecule has 98 valence electrons. The second kappa shape index (κ2) is 7.83. The molecule has 0 aliphatic heterocycles. The molecule has 0 N–H and O–H groups in total. The van der Waals surface area contributed by atoms with Crippen molar-refractivity contribution in [1.82, 2.24) is 0 Å². The van der Waals surface area contributed by atoms with Crippen LogP contribution in [0.3, 0.4) is 0 Å². The summed E-state index contributed by atoms with van der Waals surface area (Å²) in [4.78, 5) is 19.5. The molecule has 0 heterocycles. The lowest BCUT2D eigenvalue weighted by atomic mass is 10.1. The van der Waals surface area contributed by atoms with Crippen molar-refractivity contribution in [2.24, 2.45) is 9.98 Å². The van der Waals surface area contributed by atoms with Gasteiger partial charge in [-0.3, -0.25) is 4.99 Å². The lowest BCUT2D eigenvalue weighted by Crippen LogP contribution is -2.00. The first kappa shape index (κ1) is 14.7. The van der Waals surface area contributed by atoms with Crippen LogP contribution < -0.4 is 0 Å². The lowest BCUT2D eigenvalue weighted by molar-refractivity contribution is 0.0600. The number of ether oxygens (including phenoxy) is 1. The Labute approximate surface area is 113 Å². The van der Waals surface area contributed by atoms with Gasteiger partial charge in [0.1, 0.15) is 0 Å². The summed E-state index contributed by atoms with van der Waals surface area (Å²) >= 11 is 0. The number of nitrogens with zero attached hydrogens (tertiary/aromatic N) is 2. The van der Waals surface area contributed by atoms with E-state index in [0.717, 1.165) is 12.0 Å². The fourth-order valence-electron chi connectivity index (χ4n) is 1.29. The van der Waals surface area contributed by atoms with E-state index in [1.54, 1.807) is 31.5 Å². The SMILES string of the molecule is CCC=NC(C#Cc1cccc(C(=O)OC)c1)=NC. The predicted molar refractivity (Wildman–Crippen MR) is 76.8 cm³/mol. The van der Waals surface area contributed by atoms with Crippen LogP contribution in [-0.2, 0) is 4.74 Å². The molecule has 0 atom stereocenters. The van der Waals surface area contributed by atoms with Crippen molar-refractivity contribution in [1.29, 1.82) is 0 Å². The van der Waals surface area contributed by atoms with Gasteiger partial charge in [-0.1, -0.05) is 18.9 Å². The van der Waals surface area contributed by atoms with Crippen LogP contribution in [0.1, 0.15) is 29.3 Å². The minimum absolute atomic E-state index is 0.378. The number of benzene rings is 1. The fraction of sp³-hybridized carbons (Fsp3) is 0.267. The van der Waals surface area contributed by atoms with Gasteiger partial charge in [-0.05, 0) is 30.5 Å². The number of esters is 1. The summed E-state index contributed by atoms with van der Waals surface area (Å²) in [5.74, 6) is 5.86. The number of hydrogen-bond acceptors (Lipinski definition) is 3. The maximum absolute atomic E-state index is 11.4. The molecule has 1 aromatic carbocycles. The highest BCUT2D eigenvalue weighted by Crippen LogP contribution is 2.05. The van der Waals surface area contributed by atoms with E-state index in [1.807, 2.05) is 13.0 Å². The summed E-state index contributed by atoms with van der Waals surface area (Å²) < 4.78 is 4.66. The van der Waals surface area contributed by atoms with Crippen LogP contribution in [-0.4, -0.2) is 32.2 Å². The molecule has 0 fully saturated rings. The number of methoxy groups -OCH3 is 1. The normalized spacial score (nSPS) is 11.0. The van der Waals surface area contributed by atoms with Crippen molar-refractivity contribution in [2.75, 3.05) is 14.2 Å². The fourth-order valence-corrected chi connectivity index (χ4v) is 1.29. The van der Waals surface area contributed by atoms with Crippen LogP contribution in [0.25, 0.3) is 0 Å². The monoisotopic (exact) mass is 256 g/mol. The average molecular weight is 256 g/mol. The number of hydrogen-bond donors (Lipinski definition) is 0. The third kappa shape index (κ3) is 4.76. The predicted octanol–water partition coefficient (Wildman–Crippen LogP) is 2.33. The van der Waals surface area contributed by atoms with Gasteiger partial charge in [0.2, 0.25) is 0 Å². The quantitative estimate of drug-likeness (QED) is 0.353. The number of carbonyl (C=O) groups excluding carboxylic acids is 1. The van der Waals surface area contributed by atoms with Crippen LogP contribution in [0.2, 0.25) is 0 Å². The van der Waals surface area contributed by atoms with Crippen molar-refractivity contribution in [3.8, 4) is 11.8 Å². The molecule has 4 nitrogen and oxygen atoms in total. The highest BCUT2D eigenvalue weighted by Gasteiger charge is 2.04. The Hall–Kier alpha value is -2.41. The maximum Gasteiger partial charge on any atom is 0.337 e. The molecule has 0 saturated carbocycles. The van der Waals surface area contributed by atoms with Gasteiger partial charge in [0.15, 0.2) is 5.84 Å². The Morgan fingerprint density at radius 1 is 1.47 bits per heavy atom. The molecule has 0 aromatic heterocycles. The van der Waals surface area contributed by atoms with Crippen LogP contribution in [0, 0.1) is 11.8 Å². The van der Waals surface area contributed by atoms with Crippen molar-refractivity contribution < 1.29 is 9.53 Å². The molecule has 0 aliphatic rings. The molecular formula is C15H16N2O2. The largest absolute Gasteiger partial charge is 0.465 e. The molecule has 0 aliphatic carbocycles. The van der Waals surface area contributed by atoms with Gasteiger partial charge in [0.25, 0.3) is 0 Å². The van der Waals surface area contributed by atoms with Crippen molar-refractivity contribution in [3.63, 3.8) is 0 Å². The van der Waals surface area contributed by atoms with Crippen LogP contribution in [0.15, 0.2) is 34.3 Å². The summed E-state index contributed by atoms with van der Waals surface area (Å²) in [6.07, 6.45) is 2.58. The number of aliphatic imine (C=N–C) groups is 2. The first-order valence-corrected chi connectivity index (χ1v) is 5.91. The zero-order valence-corrected chi connectivity index (χ0v) is 11.3. The minimum Gasteiger partial charge on any atom is -0.465 e. The van der Waals surface area contributed by atoms with E-state index >= 15 is 0 Å². The summed E-state index contributed by atoms with van der Waals surface area (Å²) in [5.41, 5.74) is 1.19. The molecular weight excluding hydrogens is 240 g/mol. The third-order valence-corrected chi connectivity index (χ3v) is 2.21. The topological polar surface area (TPSA) is 51.0 Å². The maximum atomic E-state index is 11.4. The molecule has 0 unspecified atom stereocenters. The smallest absolute Gasteiger partial charge is 0.337 e. The molecule has 19 heavy (non-hydrogen) atoms. The van der Waals surface area contributed by atoms with Crippen molar-refractivity contribution in [2.45, 2.75) is 13.3 Å². The van der Waals surface area contributed by atoms with E-state index in [2.05, 4.69) is 26.6 Å². The lowest BCUT2D eigenvalue weighted by Gasteiger charge is -1.98. The molecule has 0 saturated heterocycles. The summed E-state index contributed by atoms with van der Waals surface area (Å²) in [6.45, 7) is 1.99. The van der Waals surface area contributed by atoms with E-state index in [1.165, 1.54) is 7.11 Å². The number of amidine groups is 1. The summed E-state index contributed by atoms with van der Waals surface area (Å²) in [5, 5.41) is 0. The Morgan fingerprint density at radius 3 is 2.89 bits per heavy atom. The second-order valence-electron chi connectivity index (χ2n) is 3.59. The molecule has 0 spiro atoms. The molecule has 1 rings (SSSR count). The summed E-state index contributed by atoms with van der Waals surface area (Å²) in [6, 6.07) is 6.93. The Kier molecular flexibility index (Phi) is 6.04. The van der Waals surface area contributed by atoms with Gasteiger partial charge in [-0.25, -0.2) is 9.79 Å². The van der Waals surface area contributed by atoms with E-state index in [-0.39, 0.29) is 5.97 Å².